The second-order valence-electron chi connectivity index (χ2n) is 7.86. The van der Waals surface area contributed by atoms with Crippen LogP contribution in [0.3, 0.4) is 0 Å². The van der Waals surface area contributed by atoms with Crippen LogP contribution in [0.2, 0.25) is 0 Å². The molecular formula is C24H19Cl2NO2S. The summed E-state index contributed by atoms with van der Waals surface area (Å²) >= 11 is 13.4. The van der Waals surface area contributed by atoms with Gasteiger partial charge in [-0.25, -0.2) is 8.42 Å². The minimum absolute atomic E-state index is 0.0438. The highest BCUT2D eigenvalue weighted by atomic mass is 35.5. The predicted molar refractivity (Wildman–Crippen MR) is 125 cm³/mol. The molecule has 5 rings (SSSR count). The molecule has 0 saturated heterocycles. The second-order valence-corrected chi connectivity index (χ2v) is 11.1. The fourth-order valence-corrected chi connectivity index (χ4v) is 5.90. The van der Waals surface area contributed by atoms with E-state index >= 15 is 0 Å². The summed E-state index contributed by atoms with van der Waals surface area (Å²) in [5, 5.41) is 0. The fourth-order valence-electron chi connectivity index (χ4n) is 4.50. The average Bonchev–Trinajstić information content (AvgIpc) is 3.29. The molecule has 3 nitrogen and oxygen atoms in total. The minimum Gasteiger partial charge on any atom is -0.284 e. The molecule has 30 heavy (non-hydrogen) atoms. The molecule has 0 spiro atoms. The van der Waals surface area contributed by atoms with Crippen LogP contribution in [-0.2, 0) is 10.0 Å². The molecule has 152 valence electrons. The molecule has 0 heterocycles. The first-order valence-corrected chi connectivity index (χ1v) is 12.3. The van der Waals surface area contributed by atoms with E-state index in [9.17, 15) is 8.42 Å². The Morgan fingerprint density at radius 1 is 0.867 bits per heavy atom. The van der Waals surface area contributed by atoms with E-state index in [0.717, 1.165) is 39.6 Å². The number of sulfonamides is 1. The third-order valence-corrected chi connectivity index (χ3v) is 7.27. The first-order valence-electron chi connectivity index (χ1n) is 9.62. The van der Waals surface area contributed by atoms with E-state index in [1.54, 1.807) is 6.07 Å². The van der Waals surface area contributed by atoms with Crippen LogP contribution in [0.4, 0.5) is 5.69 Å². The summed E-state index contributed by atoms with van der Waals surface area (Å²) in [6.07, 6.45) is 3.24. The van der Waals surface area contributed by atoms with E-state index < -0.39 is 14.4 Å². The van der Waals surface area contributed by atoms with Crippen molar-refractivity contribution in [2.45, 2.75) is 16.2 Å². The zero-order valence-electron chi connectivity index (χ0n) is 16.1. The van der Waals surface area contributed by atoms with Gasteiger partial charge in [-0.3, -0.25) is 4.72 Å². The summed E-state index contributed by atoms with van der Waals surface area (Å²) in [5.74, 6) is 0.0876. The molecule has 0 bridgehead atoms. The Labute approximate surface area is 186 Å². The lowest BCUT2D eigenvalue weighted by Gasteiger charge is -2.16. The number of rotatable bonds is 3. The van der Waals surface area contributed by atoms with Gasteiger partial charge in [0.05, 0.1) is 6.26 Å². The maximum atomic E-state index is 11.6. The van der Waals surface area contributed by atoms with Gasteiger partial charge in [0.25, 0.3) is 0 Å². The predicted octanol–water partition coefficient (Wildman–Crippen LogP) is 6.02. The molecule has 6 heteroatoms. The van der Waals surface area contributed by atoms with Crippen LogP contribution in [0.5, 0.6) is 0 Å². The molecule has 0 radical (unpaired) electrons. The standard InChI is InChI=1S/C24H19Cl2NO2S/c1-30(28,29)27-16-8-6-7-15(13-16)14-21-17-9-2-4-11-19(17)22-23(24(22,25)26)20-12-5-3-10-18(20)21/h2-14,22-23,27H,1H3. The van der Waals surface area contributed by atoms with E-state index in [2.05, 4.69) is 35.1 Å². The van der Waals surface area contributed by atoms with Gasteiger partial charge in [0.15, 0.2) is 0 Å². The number of nitrogens with one attached hydrogen (secondary N) is 1. The van der Waals surface area contributed by atoms with Crippen molar-refractivity contribution in [2.75, 3.05) is 11.0 Å². The Hall–Kier alpha value is -2.27. The summed E-state index contributed by atoms with van der Waals surface area (Å²) in [7, 11) is -3.34. The van der Waals surface area contributed by atoms with Crippen molar-refractivity contribution in [3.8, 4) is 0 Å². The van der Waals surface area contributed by atoms with Crippen molar-refractivity contribution < 1.29 is 8.42 Å². The van der Waals surface area contributed by atoms with Crippen molar-refractivity contribution in [3.63, 3.8) is 0 Å². The minimum atomic E-state index is -3.34. The number of alkyl halides is 2. The van der Waals surface area contributed by atoms with Gasteiger partial charge in [-0.05, 0) is 51.6 Å². The molecule has 0 aliphatic heterocycles. The molecule has 1 N–H and O–H groups in total. The van der Waals surface area contributed by atoms with Crippen molar-refractivity contribution >= 4 is 50.6 Å². The van der Waals surface area contributed by atoms with E-state index in [1.807, 2.05) is 42.5 Å². The van der Waals surface area contributed by atoms with Crippen LogP contribution < -0.4 is 4.72 Å². The van der Waals surface area contributed by atoms with Crippen LogP contribution >= 0.6 is 23.2 Å². The summed E-state index contributed by atoms with van der Waals surface area (Å²) in [6.45, 7) is 0. The Bertz CT molecular complexity index is 1240. The van der Waals surface area contributed by atoms with E-state index in [-0.39, 0.29) is 11.8 Å². The maximum Gasteiger partial charge on any atom is 0.229 e. The summed E-state index contributed by atoms with van der Waals surface area (Å²) < 4.78 is 25.0. The number of benzene rings is 3. The Morgan fingerprint density at radius 3 is 2.00 bits per heavy atom. The Balaban J connectivity index is 1.70. The molecule has 2 aliphatic rings. The van der Waals surface area contributed by atoms with Crippen LogP contribution in [0.15, 0.2) is 72.8 Å². The Morgan fingerprint density at radius 2 is 1.43 bits per heavy atom. The highest BCUT2D eigenvalue weighted by Gasteiger charge is 2.66. The quantitative estimate of drug-likeness (QED) is 0.491. The third-order valence-electron chi connectivity index (χ3n) is 5.73. The summed E-state index contributed by atoms with van der Waals surface area (Å²) in [4.78, 5) is 0. The van der Waals surface area contributed by atoms with Crippen molar-refractivity contribution in [1.29, 1.82) is 0 Å². The van der Waals surface area contributed by atoms with Crippen LogP contribution in [-0.4, -0.2) is 19.0 Å². The molecule has 2 atom stereocenters. The number of hydrogen-bond donors (Lipinski definition) is 1. The highest BCUT2D eigenvalue weighted by molar-refractivity contribution is 7.92. The molecule has 3 aromatic carbocycles. The third kappa shape index (κ3) is 3.33. The van der Waals surface area contributed by atoms with Crippen LogP contribution in [0, 0.1) is 0 Å². The van der Waals surface area contributed by atoms with Gasteiger partial charge >= 0.3 is 0 Å². The molecule has 0 amide bonds. The van der Waals surface area contributed by atoms with Gasteiger partial charge in [-0.2, -0.15) is 0 Å². The van der Waals surface area contributed by atoms with Crippen molar-refractivity contribution in [3.05, 3.63) is 101 Å². The summed E-state index contributed by atoms with van der Waals surface area (Å²) in [5.41, 5.74) is 6.99. The highest BCUT2D eigenvalue weighted by Crippen LogP contribution is 2.72. The number of hydrogen-bond acceptors (Lipinski definition) is 2. The number of halogens is 2. The normalized spacial score (nSPS) is 21.0. The smallest absolute Gasteiger partial charge is 0.229 e. The van der Waals surface area contributed by atoms with E-state index in [4.69, 9.17) is 23.2 Å². The first kappa shape index (κ1) is 19.7. The summed E-state index contributed by atoms with van der Waals surface area (Å²) in [6, 6.07) is 23.8. The van der Waals surface area contributed by atoms with Gasteiger partial charge in [0.1, 0.15) is 4.33 Å². The topological polar surface area (TPSA) is 46.2 Å². The zero-order valence-corrected chi connectivity index (χ0v) is 18.5. The van der Waals surface area contributed by atoms with Gasteiger partial charge in [0, 0.05) is 17.5 Å². The second kappa shape index (κ2) is 6.88. The SMILES string of the molecule is CS(=O)(=O)Nc1cccc(C=C2c3ccccc3C3C(c4ccccc42)C3(Cl)Cl)c1. The van der Waals surface area contributed by atoms with Gasteiger partial charge in [0.2, 0.25) is 10.0 Å². The molecule has 1 saturated carbocycles. The first-order chi connectivity index (χ1) is 14.3. The average molecular weight is 456 g/mol. The fraction of sp³-hybridized carbons (Fsp3) is 0.167. The maximum absolute atomic E-state index is 11.6. The number of anilines is 1. The van der Waals surface area contributed by atoms with Crippen LogP contribution in [0.1, 0.15) is 39.7 Å². The number of fused-ring (bicyclic) bond motifs is 5. The lowest BCUT2D eigenvalue weighted by Crippen LogP contribution is -2.09. The zero-order chi connectivity index (χ0) is 21.1. The monoisotopic (exact) mass is 455 g/mol. The van der Waals surface area contributed by atoms with Crippen molar-refractivity contribution in [2.24, 2.45) is 0 Å². The molecular weight excluding hydrogens is 437 g/mol. The van der Waals surface area contributed by atoms with E-state index in [1.165, 1.54) is 0 Å². The lowest BCUT2D eigenvalue weighted by atomic mass is 9.90. The van der Waals surface area contributed by atoms with Crippen LogP contribution in [0.25, 0.3) is 11.6 Å². The van der Waals surface area contributed by atoms with Crippen molar-refractivity contribution in [1.82, 2.24) is 0 Å². The van der Waals surface area contributed by atoms with Gasteiger partial charge in [-0.15, -0.1) is 23.2 Å². The molecule has 0 aromatic heterocycles. The largest absolute Gasteiger partial charge is 0.284 e. The molecule has 3 aromatic rings. The lowest BCUT2D eigenvalue weighted by molar-refractivity contribution is 0.607. The van der Waals surface area contributed by atoms with E-state index in [0.29, 0.717) is 5.69 Å². The molecule has 1 fully saturated rings. The van der Waals surface area contributed by atoms with Gasteiger partial charge in [-0.1, -0.05) is 60.7 Å². The van der Waals surface area contributed by atoms with Gasteiger partial charge < -0.3 is 0 Å². The Kier molecular flexibility index (Phi) is 4.51. The molecule has 2 unspecified atom stereocenters. The molecule has 2 aliphatic carbocycles.